The van der Waals surface area contributed by atoms with Crippen LogP contribution >= 0.6 is 0 Å². The lowest BCUT2D eigenvalue weighted by Gasteiger charge is -2.40. The summed E-state index contributed by atoms with van der Waals surface area (Å²) in [5, 5.41) is 10.5. The molecule has 1 heterocycles. The molecule has 1 saturated carbocycles. The van der Waals surface area contributed by atoms with Crippen LogP contribution in [0.15, 0.2) is 36.4 Å². The molecule has 4 rings (SSSR count). The number of rotatable bonds is 6. The van der Waals surface area contributed by atoms with Crippen LogP contribution in [0.1, 0.15) is 24.8 Å². The Morgan fingerprint density at radius 2 is 1.78 bits per heavy atom. The Bertz CT molecular complexity index is 1170. The zero-order chi connectivity index (χ0) is 26.4. The number of benzene rings is 2. The van der Waals surface area contributed by atoms with Crippen molar-refractivity contribution in [1.82, 2.24) is 9.62 Å². The second-order valence-corrected chi connectivity index (χ2v) is 10.2. The van der Waals surface area contributed by atoms with E-state index in [9.17, 15) is 40.5 Å². The van der Waals surface area contributed by atoms with E-state index < -0.39 is 76.7 Å². The average molecular weight is 538 g/mol. The molecule has 2 aromatic rings. The number of alkyl halides is 4. The highest BCUT2D eigenvalue weighted by Gasteiger charge is 2.53. The van der Waals surface area contributed by atoms with Crippen molar-refractivity contribution in [2.75, 3.05) is 6.54 Å². The van der Waals surface area contributed by atoms with E-state index in [0.29, 0.717) is 12.5 Å². The van der Waals surface area contributed by atoms with Gasteiger partial charge in [-0.15, -0.1) is 0 Å². The maximum atomic E-state index is 15.4. The lowest BCUT2D eigenvalue weighted by molar-refractivity contribution is -0.161. The molecule has 2 aromatic carbocycles. The van der Waals surface area contributed by atoms with Crippen molar-refractivity contribution in [3.05, 3.63) is 59.4 Å². The molecule has 4 atom stereocenters. The molecule has 4 unspecified atom stereocenters. The molecule has 5 nitrogen and oxygen atoms in total. The van der Waals surface area contributed by atoms with Crippen LogP contribution in [0.4, 0.5) is 30.7 Å². The number of likely N-dealkylation sites (tertiary alicyclic amines) is 1. The van der Waals surface area contributed by atoms with E-state index in [1.165, 1.54) is 18.2 Å². The maximum Gasteiger partial charge on any atom is 0.485 e. The van der Waals surface area contributed by atoms with Crippen molar-refractivity contribution < 1.29 is 44.8 Å². The van der Waals surface area contributed by atoms with Crippen LogP contribution in [-0.4, -0.2) is 56.0 Å². The fourth-order valence-electron chi connectivity index (χ4n) is 4.57. The zero-order valence-corrected chi connectivity index (χ0v) is 19.3. The number of carbonyl (C=O) groups excluding carboxylic acids is 1. The van der Waals surface area contributed by atoms with Crippen molar-refractivity contribution in [3.63, 3.8) is 0 Å². The van der Waals surface area contributed by atoms with Crippen LogP contribution in [0, 0.1) is 17.5 Å². The van der Waals surface area contributed by atoms with Crippen molar-refractivity contribution in [3.8, 4) is 11.1 Å². The number of halogens is 7. The minimum Gasteiger partial charge on any atom is -0.380 e. The third-order valence-corrected chi connectivity index (χ3v) is 7.46. The van der Waals surface area contributed by atoms with Gasteiger partial charge in [0.15, 0.2) is 11.0 Å². The van der Waals surface area contributed by atoms with Gasteiger partial charge < -0.3 is 10.0 Å². The van der Waals surface area contributed by atoms with Gasteiger partial charge in [-0.25, -0.2) is 26.5 Å². The Morgan fingerprint density at radius 1 is 1.14 bits per heavy atom. The number of carbonyl (C=O) groups is 1. The smallest absolute Gasteiger partial charge is 0.380 e. The molecule has 1 aliphatic heterocycles. The minimum atomic E-state index is -5.22. The predicted molar refractivity (Wildman–Crippen MR) is 116 cm³/mol. The molecule has 0 spiro atoms. The number of aliphatic hydroxyl groups is 1. The maximum absolute atomic E-state index is 15.4. The predicted octanol–water partition coefficient (Wildman–Crippen LogP) is 3.92. The molecule has 1 saturated heterocycles. The summed E-state index contributed by atoms with van der Waals surface area (Å²) < 4.78 is 110. The largest absolute Gasteiger partial charge is 0.485 e. The third-order valence-electron chi connectivity index (χ3n) is 6.55. The summed E-state index contributed by atoms with van der Waals surface area (Å²) >= 11 is 0. The lowest BCUT2D eigenvalue weighted by Crippen LogP contribution is -2.57. The number of hydrogen-bond acceptors (Lipinski definition) is 3. The molecule has 2 fully saturated rings. The quantitative estimate of drug-likeness (QED) is 0.548. The lowest BCUT2D eigenvalue weighted by atomic mass is 9.79. The van der Waals surface area contributed by atoms with Gasteiger partial charge in [-0.1, -0.05) is 18.2 Å². The van der Waals surface area contributed by atoms with Gasteiger partial charge in [0.25, 0.3) is 5.91 Å². The van der Waals surface area contributed by atoms with Crippen LogP contribution < -0.4 is 4.72 Å². The second-order valence-electron chi connectivity index (χ2n) is 8.93. The fraction of sp³-hybridized carbons (Fsp3) is 0.435. The number of amides is 1. The fourth-order valence-corrected chi connectivity index (χ4v) is 5.26. The standard InChI is InChI=1S/C23H21F7N2O3S/c24-14-7-13(8-15(25)10-14)16-4-1-3-12(19(16)27)9-18-20(31-36(35)23(28,29)30)17(26)11-32(18)21(33)22(34)5-2-6-22/h1,3-4,7-8,10,17-18,20,31,34H,2,5-6,9,11H2. The molecular weight excluding hydrogens is 517 g/mol. The molecular formula is C23H21F7N2O3S. The van der Waals surface area contributed by atoms with Crippen LogP contribution in [0.5, 0.6) is 0 Å². The van der Waals surface area contributed by atoms with Gasteiger partial charge in [0.05, 0.1) is 18.6 Å². The molecule has 0 bridgehead atoms. The topological polar surface area (TPSA) is 69.6 Å². The van der Waals surface area contributed by atoms with E-state index in [2.05, 4.69) is 0 Å². The van der Waals surface area contributed by atoms with Crippen molar-refractivity contribution in [1.29, 1.82) is 0 Å². The van der Waals surface area contributed by atoms with E-state index in [4.69, 9.17) is 0 Å². The first-order valence-corrected chi connectivity index (χ1v) is 12.1. The molecule has 0 aromatic heterocycles. The number of nitrogens with one attached hydrogen (secondary N) is 1. The van der Waals surface area contributed by atoms with Crippen LogP contribution in [0.25, 0.3) is 11.1 Å². The molecule has 0 radical (unpaired) electrons. The minimum absolute atomic E-state index is 0.0769. The average Bonchev–Trinajstić information content (AvgIpc) is 3.06. The summed E-state index contributed by atoms with van der Waals surface area (Å²) in [5.74, 6) is -3.81. The van der Waals surface area contributed by atoms with Gasteiger partial charge in [-0.05, 0) is 48.9 Å². The summed E-state index contributed by atoms with van der Waals surface area (Å²) in [5.41, 5.74) is -7.58. The van der Waals surface area contributed by atoms with Crippen molar-refractivity contribution in [2.24, 2.45) is 0 Å². The summed E-state index contributed by atoms with van der Waals surface area (Å²) in [4.78, 5) is 13.8. The van der Waals surface area contributed by atoms with Gasteiger partial charge in [-0.3, -0.25) is 4.79 Å². The first-order valence-electron chi connectivity index (χ1n) is 11.0. The van der Waals surface area contributed by atoms with Crippen LogP contribution in [-0.2, 0) is 22.2 Å². The molecule has 1 amide bonds. The molecule has 196 valence electrons. The van der Waals surface area contributed by atoms with Gasteiger partial charge in [0.2, 0.25) is 0 Å². The Balaban J connectivity index is 1.70. The third kappa shape index (κ3) is 5.14. The Kier molecular flexibility index (Phi) is 7.19. The number of nitrogens with zero attached hydrogens (tertiary/aromatic N) is 1. The highest BCUT2D eigenvalue weighted by atomic mass is 32.2. The van der Waals surface area contributed by atoms with Gasteiger partial charge in [0, 0.05) is 11.6 Å². The zero-order valence-electron chi connectivity index (χ0n) is 18.5. The first-order chi connectivity index (χ1) is 16.8. The highest BCUT2D eigenvalue weighted by Crippen LogP contribution is 2.38. The van der Waals surface area contributed by atoms with E-state index in [1.54, 1.807) is 4.72 Å². The Hall–Kier alpha value is -2.51. The van der Waals surface area contributed by atoms with Gasteiger partial charge in [-0.2, -0.15) is 13.2 Å². The molecule has 13 heteroatoms. The summed E-state index contributed by atoms with van der Waals surface area (Å²) in [7, 11) is -3.68. The Labute approximate surface area is 203 Å². The normalized spacial score (nSPS) is 24.4. The molecule has 2 aliphatic rings. The van der Waals surface area contributed by atoms with Crippen molar-refractivity contribution >= 4 is 16.9 Å². The molecule has 1 aliphatic carbocycles. The summed E-state index contributed by atoms with van der Waals surface area (Å²) in [6.45, 7) is -0.699. The van der Waals surface area contributed by atoms with E-state index in [1.807, 2.05) is 0 Å². The highest BCUT2D eigenvalue weighted by molar-refractivity contribution is 7.83. The van der Waals surface area contributed by atoms with Gasteiger partial charge in [0.1, 0.15) is 29.2 Å². The summed E-state index contributed by atoms with van der Waals surface area (Å²) in [6, 6.07) is 2.92. The Morgan fingerprint density at radius 3 is 2.33 bits per heavy atom. The SMILES string of the molecule is O=C(N1CC(F)C(NS(=O)C(F)(F)F)C1Cc1cccc(-c2cc(F)cc(F)c2)c1F)C1(O)CCC1. The monoisotopic (exact) mass is 538 g/mol. The van der Waals surface area contributed by atoms with Crippen LogP contribution in [0.2, 0.25) is 0 Å². The van der Waals surface area contributed by atoms with E-state index in [-0.39, 0.29) is 29.5 Å². The second kappa shape index (κ2) is 9.75. The van der Waals surface area contributed by atoms with Crippen molar-refractivity contribution in [2.45, 2.75) is 55.0 Å². The van der Waals surface area contributed by atoms with E-state index in [0.717, 1.165) is 17.0 Å². The molecule has 2 N–H and O–H groups in total. The van der Waals surface area contributed by atoms with Crippen LogP contribution in [0.3, 0.4) is 0 Å². The first kappa shape index (κ1) is 26.6. The van der Waals surface area contributed by atoms with Gasteiger partial charge >= 0.3 is 5.51 Å². The molecule has 36 heavy (non-hydrogen) atoms. The van der Waals surface area contributed by atoms with E-state index >= 15 is 4.39 Å². The number of hydrogen-bond donors (Lipinski definition) is 2. The summed E-state index contributed by atoms with van der Waals surface area (Å²) in [6.07, 6.45) is -1.95.